The van der Waals surface area contributed by atoms with Gasteiger partial charge in [0, 0.05) is 15.5 Å². The van der Waals surface area contributed by atoms with Crippen LogP contribution in [0.1, 0.15) is 31.9 Å². The van der Waals surface area contributed by atoms with Crippen molar-refractivity contribution in [3.8, 4) is 11.5 Å². The summed E-state index contributed by atoms with van der Waals surface area (Å²) in [5.41, 5.74) is 1.22. The van der Waals surface area contributed by atoms with Gasteiger partial charge in [0.15, 0.2) is 0 Å². The highest BCUT2D eigenvalue weighted by Gasteiger charge is 2.10. The zero-order valence-corrected chi connectivity index (χ0v) is 14.5. The Bertz CT molecular complexity index is 603. The van der Waals surface area contributed by atoms with E-state index in [1.54, 1.807) is 6.07 Å². The first kappa shape index (κ1) is 16.3. The summed E-state index contributed by atoms with van der Waals surface area (Å²) in [6, 6.07) is 13.7. The average molecular weight is 369 g/mol. The molecule has 1 unspecified atom stereocenters. The summed E-state index contributed by atoms with van der Waals surface area (Å²) in [5, 5.41) is 4.14. The van der Waals surface area contributed by atoms with E-state index in [9.17, 15) is 0 Å². The molecule has 1 atom stereocenters. The second-order valence-corrected chi connectivity index (χ2v) is 6.21. The lowest BCUT2D eigenvalue weighted by molar-refractivity contribution is 0.481. The SMILES string of the molecule is CCCNC(C)c1ccc(Oc2cccc(Cl)c2)cc1Br. The lowest BCUT2D eigenvalue weighted by atomic mass is 10.1. The van der Waals surface area contributed by atoms with E-state index in [4.69, 9.17) is 16.3 Å². The minimum atomic E-state index is 0.305. The van der Waals surface area contributed by atoms with Crippen molar-refractivity contribution in [2.45, 2.75) is 26.3 Å². The van der Waals surface area contributed by atoms with Crippen LogP contribution in [-0.2, 0) is 0 Å². The molecule has 0 fully saturated rings. The highest BCUT2D eigenvalue weighted by atomic mass is 79.9. The van der Waals surface area contributed by atoms with Gasteiger partial charge in [-0.05, 0) is 55.8 Å². The van der Waals surface area contributed by atoms with Crippen molar-refractivity contribution < 1.29 is 4.74 Å². The fourth-order valence-electron chi connectivity index (χ4n) is 2.06. The molecular formula is C17H19BrClNO. The van der Waals surface area contributed by atoms with Gasteiger partial charge in [0.05, 0.1) is 0 Å². The third-order valence-corrected chi connectivity index (χ3v) is 4.09. The molecule has 0 aliphatic carbocycles. The Morgan fingerprint density at radius 1 is 1.19 bits per heavy atom. The highest BCUT2D eigenvalue weighted by Crippen LogP contribution is 2.31. The first-order chi connectivity index (χ1) is 10.1. The fraction of sp³-hybridized carbons (Fsp3) is 0.294. The minimum absolute atomic E-state index is 0.305. The molecule has 0 radical (unpaired) electrons. The van der Waals surface area contributed by atoms with Crippen LogP contribution in [0.15, 0.2) is 46.9 Å². The van der Waals surface area contributed by atoms with E-state index in [1.165, 1.54) is 5.56 Å². The van der Waals surface area contributed by atoms with E-state index in [1.807, 2.05) is 30.3 Å². The Kier molecular flexibility index (Phi) is 6.09. The van der Waals surface area contributed by atoms with E-state index in [2.05, 4.69) is 41.2 Å². The Morgan fingerprint density at radius 2 is 1.95 bits per heavy atom. The maximum Gasteiger partial charge on any atom is 0.128 e. The van der Waals surface area contributed by atoms with Crippen molar-refractivity contribution in [1.82, 2.24) is 5.32 Å². The summed E-state index contributed by atoms with van der Waals surface area (Å²) in [6.07, 6.45) is 1.12. The van der Waals surface area contributed by atoms with Crippen molar-refractivity contribution >= 4 is 27.5 Å². The molecule has 2 aromatic rings. The Labute approximate surface area is 139 Å². The molecule has 2 nitrogen and oxygen atoms in total. The first-order valence-corrected chi connectivity index (χ1v) is 8.23. The third kappa shape index (κ3) is 4.73. The lowest BCUT2D eigenvalue weighted by Gasteiger charge is -2.16. The maximum absolute atomic E-state index is 5.96. The van der Waals surface area contributed by atoms with Gasteiger partial charge in [0.2, 0.25) is 0 Å². The summed E-state index contributed by atoms with van der Waals surface area (Å²) < 4.78 is 6.86. The molecule has 0 amide bonds. The Morgan fingerprint density at radius 3 is 2.62 bits per heavy atom. The zero-order chi connectivity index (χ0) is 15.2. The Hall–Kier alpha value is -1.03. The van der Waals surface area contributed by atoms with E-state index in [0.29, 0.717) is 11.1 Å². The quantitative estimate of drug-likeness (QED) is 0.679. The van der Waals surface area contributed by atoms with Crippen LogP contribution >= 0.6 is 27.5 Å². The molecule has 0 aliphatic rings. The topological polar surface area (TPSA) is 21.3 Å². The number of nitrogens with one attached hydrogen (secondary N) is 1. The van der Waals surface area contributed by atoms with Crippen LogP contribution in [0.4, 0.5) is 0 Å². The van der Waals surface area contributed by atoms with Crippen molar-refractivity contribution in [2.75, 3.05) is 6.54 Å². The highest BCUT2D eigenvalue weighted by molar-refractivity contribution is 9.10. The van der Waals surface area contributed by atoms with Crippen LogP contribution < -0.4 is 10.1 Å². The van der Waals surface area contributed by atoms with Crippen LogP contribution in [0.5, 0.6) is 11.5 Å². The summed E-state index contributed by atoms with van der Waals surface area (Å²) in [5.74, 6) is 1.52. The standard InChI is InChI=1S/C17H19BrClNO/c1-3-9-20-12(2)16-8-7-15(11-17(16)18)21-14-6-4-5-13(19)10-14/h4-8,10-12,20H,3,9H2,1-2H3. The van der Waals surface area contributed by atoms with E-state index in [0.717, 1.165) is 28.9 Å². The second kappa shape index (κ2) is 7.83. The lowest BCUT2D eigenvalue weighted by Crippen LogP contribution is -2.19. The molecule has 2 rings (SSSR count). The molecule has 1 N–H and O–H groups in total. The monoisotopic (exact) mass is 367 g/mol. The summed E-state index contributed by atoms with van der Waals surface area (Å²) >= 11 is 9.58. The largest absolute Gasteiger partial charge is 0.457 e. The molecular weight excluding hydrogens is 350 g/mol. The molecule has 112 valence electrons. The molecule has 4 heteroatoms. The van der Waals surface area contributed by atoms with Gasteiger partial charge in [-0.25, -0.2) is 0 Å². The van der Waals surface area contributed by atoms with E-state index >= 15 is 0 Å². The molecule has 0 saturated carbocycles. The fourth-order valence-corrected chi connectivity index (χ4v) is 2.94. The van der Waals surface area contributed by atoms with Gasteiger partial charge >= 0.3 is 0 Å². The van der Waals surface area contributed by atoms with Crippen LogP contribution in [0.3, 0.4) is 0 Å². The molecule has 0 bridgehead atoms. The van der Waals surface area contributed by atoms with Gasteiger partial charge in [0.1, 0.15) is 11.5 Å². The summed E-state index contributed by atoms with van der Waals surface area (Å²) in [6.45, 7) is 5.33. The number of benzene rings is 2. The number of ether oxygens (including phenoxy) is 1. The molecule has 0 saturated heterocycles. The van der Waals surface area contributed by atoms with Crippen LogP contribution in [-0.4, -0.2) is 6.54 Å². The average Bonchev–Trinajstić information content (AvgIpc) is 2.45. The van der Waals surface area contributed by atoms with E-state index in [-0.39, 0.29) is 0 Å². The van der Waals surface area contributed by atoms with Crippen LogP contribution in [0, 0.1) is 0 Å². The van der Waals surface area contributed by atoms with Gasteiger partial charge in [-0.3, -0.25) is 0 Å². The first-order valence-electron chi connectivity index (χ1n) is 7.06. The smallest absolute Gasteiger partial charge is 0.128 e. The predicted molar refractivity (Wildman–Crippen MR) is 92.4 cm³/mol. The van der Waals surface area contributed by atoms with Gasteiger partial charge in [-0.2, -0.15) is 0 Å². The van der Waals surface area contributed by atoms with Crippen LogP contribution in [0.2, 0.25) is 5.02 Å². The number of hydrogen-bond acceptors (Lipinski definition) is 2. The minimum Gasteiger partial charge on any atom is -0.457 e. The van der Waals surface area contributed by atoms with Gasteiger partial charge in [-0.1, -0.05) is 46.6 Å². The van der Waals surface area contributed by atoms with Gasteiger partial charge in [-0.15, -0.1) is 0 Å². The van der Waals surface area contributed by atoms with Gasteiger partial charge < -0.3 is 10.1 Å². The molecule has 0 aliphatic heterocycles. The molecule has 2 aromatic carbocycles. The third-order valence-electron chi connectivity index (χ3n) is 3.17. The summed E-state index contributed by atoms with van der Waals surface area (Å²) in [4.78, 5) is 0. The van der Waals surface area contributed by atoms with Crippen molar-refractivity contribution in [3.05, 3.63) is 57.5 Å². The Balaban J connectivity index is 2.11. The number of rotatable bonds is 6. The van der Waals surface area contributed by atoms with Crippen LogP contribution in [0.25, 0.3) is 0 Å². The van der Waals surface area contributed by atoms with E-state index < -0.39 is 0 Å². The normalized spacial score (nSPS) is 12.2. The molecule has 0 aromatic heterocycles. The molecule has 0 heterocycles. The van der Waals surface area contributed by atoms with Crippen molar-refractivity contribution in [3.63, 3.8) is 0 Å². The number of halogens is 2. The predicted octanol–water partition coefficient (Wildman–Crippen LogP) is 5.96. The molecule has 0 spiro atoms. The number of hydrogen-bond donors (Lipinski definition) is 1. The van der Waals surface area contributed by atoms with Crippen molar-refractivity contribution in [1.29, 1.82) is 0 Å². The second-order valence-electron chi connectivity index (χ2n) is 4.92. The van der Waals surface area contributed by atoms with Crippen molar-refractivity contribution in [2.24, 2.45) is 0 Å². The van der Waals surface area contributed by atoms with Gasteiger partial charge in [0.25, 0.3) is 0 Å². The zero-order valence-electron chi connectivity index (χ0n) is 12.2. The summed E-state index contributed by atoms with van der Waals surface area (Å²) in [7, 11) is 0. The maximum atomic E-state index is 5.96. The molecule has 21 heavy (non-hydrogen) atoms.